The SMILES string of the molecule is CC(C)(C)OC(=O)N1CC(Oc2ccc(F)c(F)c2)CC1C(=O)O. The second-order valence-electron chi connectivity index (χ2n) is 6.54. The van der Waals surface area contributed by atoms with E-state index >= 15 is 0 Å². The van der Waals surface area contributed by atoms with Crippen molar-refractivity contribution < 1.29 is 33.0 Å². The fourth-order valence-electron chi connectivity index (χ4n) is 2.38. The first-order valence-electron chi connectivity index (χ1n) is 7.41. The van der Waals surface area contributed by atoms with Gasteiger partial charge in [0.15, 0.2) is 11.6 Å². The predicted octanol–water partition coefficient (Wildman–Crippen LogP) is 2.81. The second kappa shape index (κ2) is 6.62. The molecule has 1 aliphatic rings. The van der Waals surface area contributed by atoms with Gasteiger partial charge in [0.1, 0.15) is 23.5 Å². The van der Waals surface area contributed by atoms with Crippen LogP contribution in [0.15, 0.2) is 18.2 Å². The lowest BCUT2D eigenvalue weighted by Gasteiger charge is -2.26. The molecule has 0 aromatic heterocycles. The Hall–Kier alpha value is -2.38. The highest BCUT2D eigenvalue weighted by molar-refractivity contribution is 5.81. The minimum atomic E-state index is -1.18. The third kappa shape index (κ3) is 4.33. The Kier molecular flexibility index (Phi) is 4.96. The number of amides is 1. The maximum absolute atomic E-state index is 13.2. The van der Waals surface area contributed by atoms with E-state index in [0.29, 0.717) is 0 Å². The lowest BCUT2D eigenvalue weighted by molar-refractivity contribution is -0.142. The normalized spacial score (nSPS) is 20.8. The van der Waals surface area contributed by atoms with Gasteiger partial charge in [0.25, 0.3) is 0 Å². The highest BCUT2D eigenvalue weighted by Crippen LogP contribution is 2.26. The molecule has 1 aromatic carbocycles. The molecule has 2 unspecified atom stereocenters. The van der Waals surface area contributed by atoms with Gasteiger partial charge in [-0.1, -0.05) is 0 Å². The van der Waals surface area contributed by atoms with E-state index in [1.807, 2.05) is 0 Å². The predicted molar refractivity (Wildman–Crippen MR) is 79.8 cm³/mol. The average molecular weight is 343 g/mol. The summed E-state index contributed by atoms with van der Waals surface area (Å²) < 4.78 is 36.8. The number of aliphatic carboxylic acids is 1. The number of benzene rings is 1. The van der Waals surface area contributed by atoms with E-state index in [1.54, 1.807) is 20.8 Å². The molecule has 0 aliphatic carbocycles. The Bertz CT molecular complexity index is 644. The number of rotatable bonds is 3. The number of nitrogens with zero attached hydrogens (tertiary/aromatic N) is 1. The number of carboxylic acids is 1. The molecular weight excluding hydrogens is 324 g/mol. The number of hydrogen-bond donors (Lipinski definition) is 1. The molecule has 1 fully saturated rings. The van der Waals surface area contributed by atoms with Crippen molar-refractivity contribution in [2.45, 2.75) is 44.9 Å². The molecule has 1 amide bonds. The Balaban J connectivity index is 2.10. The number of halogens is 2. The summed E-state index contributed by atoms with van der Waals surface area (Å²) in [7, 11) is 0. The van der Waals surface area contributed by atoms with E-state index in [2.05, 4.69) is 0 Å². The third-order valence-electron chi connectivity index (χ3n) is 3.37. The van der Waals surface area contributed by atoms with Crippen molar-refractivity contribution in [3.63, 3.8) is 0 Å². The van der Waals surface area contributed by atoms with Gasteiger partial charge < -0.3 is 14.6 Å². The van der Waals surface area contributed by atoms with Gasteiger partial charge in [0.2, 0.25) is 0 Å². The van der Waals surface area contributed by atoms with E-state index in [0.717, 1.165) is 17.0 Å². The van der Waals surface area contributed by atoms with Crippen LogP contribution in [0.3, 0.4) is 0 Å². The summed E-state index contributed by atoms with van der Waals surface area (Å²) >= 11 is 0. The molecule has 1 aliphatic heterocycles. The first-order valence-corrected chi connectivity index (χ1v) is 7.41. The fourth-order valence-corrected chi connectivity index (χ4v) is 2.38. The van der Waals surface area contributed by atoms with Crippen molar-refractivity contribution in [2.75, 3.05) is 6.54 Å². The maximum Gasteiger partial charge on any atom is 0.411 e. The summed E-state index contributed by atoms with van der Waals surface area (Å²) in [6.45, 7) is 4.99. The zero-order valence-corrected chi connectivity index (χ0v) is 13.6. The van der Waals surface area contributed by atoms with E-state index in [9.17, 15) is 23.5 Å². The molecule has 0 saturated carbocycles. The molecule has 1 aromatic rings. The molecule has 0 radical (unpaired) electrons. The Morgan fingerprint density at radius 1 is 1.25 bits per heavy atom. The smallest absolute Gasteiger partial charge is 0.411 e. The van der Waals surface area contributed by atoms with E-state index in [-0.39, 0.29) is 18.7 Å². The van der Waals surface area contributed by atoms with Crippen molar-refractivity contribution in [1.82, 2.24) is 4.90 Å². The summed E-state index contributed by atoms with van der Waals surface area (Å²) in [5.41, 5.74) is -0.765. The monoisotopic (exact) mass is 343 g/mol. The molecule has 2 rings (SSSR count). The molecule has 0 spiro atoms. The summed E-state index contributed by atoms with van der Waals surface area (Å²) in [5.74, 6) is -3.19. The highest BCUT2D eigenvalue weighted by Gasteiger charge is 2.42. The van der Waals surface area contributed by atoms with Crippen molar-refractivity contribution in [3.8, 4) is 5.75 Å². The van der Waals surface area contributed by atoms with E-state index < -0.39 is 41.4 Å². The average Bonchev–Trinajstić information content (AvgIpc) is 2.85. The van der Waals surface area contributed by atoms with E-state index in [4.69, 9.17) is 9.47 Å². The number of hydrogen-bond acceptors (Lipinski definition) is 4. The van der Waals surface area contributed by atoms with Crippen molar-refractivity contribution >= 4 is 12.1 Å². The molecule has 0 bridgehead atoms. The number of carbonyl (C=O) groups is 2. The Morgan fingerprint density at radius 3 is 2.46 bits per heavy atom. The topological polar surface area (TPSA) is 76.1 Å². The zero-order chi connectivity index (χ0) is 18.1. The van der Waals surface area contributed by atoms with Crippen LogP contribution >= 0.6 is 0 Å². The molecule has 132 valence electrons. The van der Waals surface area contributed by atoms with Crippen LogP contribution in [-0.4, -0.2) is 46.4 Å². The number of likely N-dealkylation sites (tertiary alicyclic amines) is 1. The minimum Gasteiger partial charge on any atom is -0.488 e. The summed E-state index contributed by atoms with van der Waals surface area (Å²) in [6.07, 6.45) is -1.40. The quantitative estimate of drug-likeness (QED) is 0.913. The molecule has 1 saturated heterocycles. The van der Waals surface area contributed by atoms with Gasteiger partial charge >= 0.3 is 12.1 Å². The first-order chi connectivity index (χ1) is 11.1. The van der Waals surface area contributed by atoms with Gasteiger partial charge in [0.05, 0.1) is 6.54 Å². The van der Waals surface area contributed by atoms with Crippen molar-refractivity contribution in [2.24, 2.45) is 0 Å². The fraction of sp³-hybridized carbons (Fsp3) is 0.500. The van der Waals surface area contributed by atoms with Crippen LogP contribution in [0.1, 0.15) is 27.2 Å². The third-order valence-corrected chi connectivity index (χ3v) is 3.37. The van der Waals surface area contributed by atoms with Gasteiger partial charge in [-0.15, -0.1) is 0 Å². The second-order valence-corrected chi connectivity index (χ2v) is 6.54. The highest BCUT2D eigenvalue weighted by atomic mass is 19.2. The molecule has 8 heteroatoms. The van der Waals surface area contributed by atoms with Gasteiger partial charge in [-0.25, -0.2) is 18.4 Å². The standard InChI is InChI=1S/C16H19F2NO5/c1-16(2,3)24-15(22)19-8-10(7-13(19)14(20)21)23-9-4-5-11(17)12(18)6-9/h4-6,10,13H,7-8H2,1-3H3,(H,20,21). The largest absolute Gasteiger partial charge is 0.488 e. The van der Waals surface area contributed by atoms with Crippen molar-refractivity contribution in [1.29, 1.82) is 0 Å². The summed E-state index contributed by atoms with van der Waals surface area (Å²) in [4.78, 5) is 24.6. The number of carbonyl (C=O) groups excluding carboxylic acids is 1. The molecule has 24 heavy (non-hydrogen) atoms. The van der Waals surface area contributed by atoms with Gasteiger partial charge in [-0.05, 0) is 32.9 Å². The zero-order valence-electron chi connectivity index (χ0n) is 13.6. The lowest BCUT2D eigenvalue weighted by atomic mass is 10.2. The number of carboxylic acid groups (broad SMARTS) is 1. The lowest BCUT2D eigenvalue weighted by Crippen LogP contribution is -2.43. The number of ether oxygens (including phenoxy) is 2. The van der Waals surface area contributed by atoms with Crippen LogP contribution in [0, 0.1) is 11.6 Å². The van der Waals surface area contributed by atoms with Gasteiger partial charge in [-0.3, -0.25) is 4.90 Å². The Labute approximate surface area is 138 Å². The van der Waals surface area contributed by atoms with Crippen LogP contribution in [0.25, 0.3) is 0 Å². The van der Waals surface area contributed by atoms with Gasteiger partial charge in [-0.2, -0.15) is 0 Å². The summed E-state index contributed by atoms with van der Waals surface area (Å²) in [6, 6.07) is 1.93. The molecular formula is C16H19F2NO5. The van der Waals surface area contributed by atoms with Crippen molar-refractivity contribution in [3.05, 3.63) is 29.8 Å². The molecule has 1 N–H and O–H groups in total. The van der Waals surface area contributed by atoms with Crippen LogP contribution < -0.4 is 4.74 Å². The molecule has 6 nitrogen and oxygen atoms in total. The van der Waals surface area contributed by atoms with Crippen LogP contribution in [0.2, 0.25) is 0 Å². The Morgan fingerprint density at radius 2 is 1.92 bits per heavy atom. The molecule has 1 heterocycles. The van der Waals surface area contributed by atoms with E-state index in [1.165, 1.54) is 6.07 Å². The first kappa shape index (κ1) is 18.0. The van der Waals surface area contributed by atoms with Crippen LogP contribution in [0.4, 0.5) is 13.6 Å². The van der Waals surface area contributed by atoms with Crippen LogP contribution in [0.5, 0.6) is 5.75 Å². The summed E-state index contributed by atoms with van der Waals surface area (Å²) in [5, 5.41) is 9.28. The molecule has 2 atom stereocenters. The minimum absolute atomic E-state index is 0.0214. The maximum atomic E-state index is 13.2. The van der Waals surface area contributed by atoms with Crippen LogP contribution in [-0.2, 0) is 9.53 Å². The van der Waals surface area contributed by atoms with Gasteiger partial charge in [0, 0.05) is 12.5 Å².